The van der Waals surface area contributed by atoms with Gasteiger partial charge < -0.3 is 11.1 Å². The molecule has 0 aromatic heterocycles. The second-order valence-electron chi connectivity index (χ2n) is 4.15. The monoisotopic (exact) mass is 262 g/mol. The fourth-order valence-electron chi connectivity index (χ4n) is 1.52. The molecule has 0 radical (unpaired) electrons. The van der Waals surface area contributed by atoms with Crippen molar-refractivity contribution in [3.05, 3.63) is 23.5 Å². The van der Waals surface area contributed by atoms with Crippen LogP contribution in [0.25, 0.3) is 0 Å². The maximum Gasteiger partial charge on any atom is 0.418 e. The number of carbonyl (C=O) groups excluding carboxylic acids is 1. The number of alkyl halides is 3. The van der Waals surface area contributed by atoms with Crippen molar-refractivity contribution in [2.75, 3.05) is 11.1 Å². The third-order valence-electron chi connectivity index (χ3n) is 2.69. The summed E-state index contributed by atoms with van der Waals surface area (Å²) >= 11 is 0. The van der Waals surface area contributed by atoms with Crippen molar-refractivity contribution in [3.63, 3.8) is 0 Å². The number of carbonyl (C=O) groups is 1. The highest BCUT2D eigenvalue weighted by Crippen LogP contribution is 2.37. The Morgan fingerprint density at radius 1 is 1.33 bits per heavy atom. The van der Waals surface area contributed by atoms with Crippen LogP contribution < -0.4 is 11.1 Å². The zero-order valence-electron chi connectivity index (χ0n) is 9.14. The van der Waals surface area contributed by atoms with Gasteiger partial charge >= 0.3 is 6.18 Å². The fraction of sp³-hybridized carbons (Fsp3) is 0.364. The molecule has 0 heterocycles. The van der Waals surface area contributed by atoms with Crippen LogP contribution in [-0.2, 0) is 11.0 Å². The van der Waals surface area contributed by atoms with Gasteiger partial charge in [0.05, 0.1) is 16.9 Å². The molecule has 0 aliphatic heterocycles. The van der Waals surface area contributed by atoms with Gasteiger partial charge in [-0.05, 0) is 25.0 Å². The first-order valence-corrected chi connectivity index (χ1v) is 5.26. The van der Waals surface area contributed by atoms with E-state index in [1.807, 2.05) is 0 Å². The predicted octanol–water partition coefficient (Wildman–Crippen LogP) is 2.78. The SMILES string of the molecule is Nc1c(C(F)(F)F)ccc(NC(=O)C2CC2)c1F. The highest BCUT2D eigenvalue weighted by Gasteiger charge is 2.35. The van der Waals surface area contributed by atoms with Crippen LogP contribution in [0.2, 0.25) is 0 Å². The van der Waals surface area contributed by atoms with E-state index in [1.54, 1.807) is 0 Å². The van der Waals surface area contributed by atoms with Gasteiger partial charge in [-0.1, -0.05) is 0 Å². The number of halogens is 4. The Labute approximate surface area is 100.0 Å². The molecule has 7 heteroatoms. The van der Waals surface area contributed by atoms with E-state index in [4.69, 9.17) is 5.73 Å². The standard InChI is InChI=1S/C11H10F4N2O/c12-8-7(17-10(18)5-1-2-5)4-3-6(9(8)16)11(13,14)15/h3-5H,1-2,16H2,(H,17,18). The van der Waals surface area contributed by atoms with Crippen molar-refractivity contribution < 1.29 is 22.4 Å². The van der Waals surface area contributed by atoms with Crippen LogP contribution in [0.5, 0.6) is 0 Å². The van der Waals surface area contributed by atoms with Crippen LogP contribution in [-0.4, -0.2) is 5.91 Å². The number of amides is 1. The third-order valence-corrected chi connectivity index (χ3v) is 2.69. The van der Waals surface area contributed by atoms with Gasteiger partial charge in [-0.25, -0.2) is 4.39 Å². The number of hydrogen-bond acceptors (Lipinski definition) is 2. The Hall–Kier alpha value is -1.79. The molecule has 3 nitrogen and oxygen atoms in total. The lowest BCUT2D eigenvalue weighted by Gasteiger charge is -2.13. The second kappa shape index (κ2) is 4.15. The molecular formula is C11H10F4N2O. The molecule has 18 heavy (non-hydrogen) atoms. The van der Waals surface area contributed by atoms with E-state index in [2.05, 4.69) is 5.32 Å². The quantitative estimate of drug-likeness (QED) is 0.636. The lowest BCUT2D eigenvalue weighted by molar-refractivity contribution is -0.137. The van der Waals surface area contributed by atoms with Crippen molar-refractivity contribution in [2.24, 2.45) is 5.92 Å². The summed E-state index contributed by atoms with van der Waals surface area (Å²) in [6.45, 7) is 0. The number of benzene rings is 1. The minimum absolute atomic E-state index is 0.173. The molecule has 1 aliphatic rings. The van der Waals surface area contributed by atoms with Crippen LogP contribution in [0.1, 0.15) is 18.4 Å². The zero-order valence-corrected chi connectivity index (χ0v) is 9.14. The molecule has 0 saturated heterocycles. The van der Waals surface area contributed by atoms with E-state index >= 15 is 0 Å². The van der Waals surface area contributed by atoms with Gasteiger partial charge in [-0.15, -0.1) is 0 Å². The number of nitrogen functional groups attached to an aromatic ring is 1. The maximum atomic E-state index is 13.6. The Morgan fingerprint density at radius 2 is 1.94 bits per heavy atom. The predicted molar refractivity (Wildman–Crippen MR) is 57.2 cm³/mol. The summed E-state index contributed by atoms with van der Waals surface area (Å²) in [5.74, 6) is -1.82. The number of nitrogens with two attached hydrogens (primary N) is 1. The topological polar surface area (TPSA) is 55.1 Å². The minimum atomic E-state index is -4.72. The largest absolute Gasteiger partial charge is 0.418 e. The minimum Gasteiger partial charge on any atom is -0.396 e. The lowest BCUT2D eigenvalue weighted by Crippen LogP contribution is -2.17. The fourth-order valence-corrected chi connectivity index (χ4v) is 1.52. The molecule has 98 valence electrons. The van der Waals surface area contributed by atoms with Crippen LogP contribution >= 0.6 is 0 Å². The van der Waals surface area contributed by atoms with Crippen molar-refractivity contribution in [1.29, 1.82) is 0 Å². The van der Waals surface area contributed by atoms with E-state index in [9.17, 15) is 22.4 Å². The van der Waals surface area contributed by atoms with Gasteiger partial charge in [0.15, 0.2) is 5.82 Å². The summed E-state index contributed by atoms with van der Waals surface area (Å²) in [7, 11) is 0. The number of hydrogen-bond donors (Lipinski definition) is 2. The van der Waals surface area contributed by atoms with Crippen molar-refractivity contribution >= 4 is 17.3 Å². The van der Waals surface area contributed by atoms with Crippen molar-refractivity contribution in [3.8, 4) is 0 Å². The van der Waals surface area contributed by atoms with E-state index in [0.717, 1.165) is 6.07 Å². The normalized spacial score (nSPS) is 15.6. The van der Waals surface area contributed by atoms with Gasteiger partial charge in [-0.2, -0.15) is 13.2 Å². The molecule has 0 bridgehead atoms. The lowest BCUT2D eigenvalue weighted by atomic mass is 10.1. The van der Waals surface area contributed by atoms with Gasteiger partial charge in [0.1, 0.15) is 0 Å². The summed E-state index contributed by atoms with van der Waals surface area (Å²) in [5.41, 5.74) is 2.52. The summed E-state index contributed by atoms with van der Waals surface area (Å²) in [6.07, 6.45) is -3.29. The van der Waals surface area contributed by atoms with Gasteiger partial charge in [-0.3, -0.25) is 4.79 Å². The third kappa shape index (κ3) is 2.39. The van der Waals surface area contributed by atoms with E-state index in [0.29, 0.717) is 18.9 Å². The van der Waals surface area contributed by atoms with E-state index in [1.165, 1.54) is 0 Å². The Morgan fingerprint density at radius 3 is 2.44 bits per heavy atom. The molecule has 2 rings (SSSR count). The smallest absolute Gasteiger partial charge is 0.396 e. The highest BCUT2D eigenvalue weighted by atomic mass is 19.4. The number of nitrogens with one attached hydrogen (secondary N) is 1. The summed E-state index contributed by atoms with van der Waals surface area (Å²) in [4.78, 5) is 11.4. The molecule has 0 spiro atoms. The van der Waals surface area contributed by atoms with Crippen molar-refractivity contribution in [1.82, 2.24) is 0 Å². The van der Waals surface area contributed by atoms with Gasteiger partial charge in [0.2, 0.25) is 5.91 Å². The Balaban J connectivity index is 2.28. The molecular weight excluding hydrogens is 252 g/mol. The highest BCUT2D eigenvalue weighted by molar-refractivity contribution is 5.94. The van der Waals surface area contributed by atoms with Gasteiger partial charge in [0.25, 0.3) is 0 Å². The van der Waals surface area contributed by atoms with Crippen LogP contribution in [0.4, 0.5) is 28.9 Å². The van der Waals surface area contributed by atoms with E-state index < -0.39 is 29.2 Å². The first-order valence-electron chi connectivity index (χ1n) is 5.26. The molecule has 3 N–H and O–H groups in total. The molecule has 1 aromatic carbocycles. The van der Waals surface area contributed by atoms with Crippen LogP contribution in [0, 0.1) is 11.7 Å². The average Bonchev–Trinajstić information content (AvgIpc) is 3.06. The van der Waals surface area contributed by atoms with Crippen LogP contribution in [0.15, 0.2) is 12.1 Å². The molecule has 1 fully saturated rings. The first kappa shape index (κ1) is 12.7. The Bertz CT molecular complexity index is 495. The summed E-state index contributed by atoms with van der Waals surface area (Å²) < 4.78 is 50.9. The van der Waals surface area contributed by atoms with Gasteiger partial charge in [0, 0.05) is 5.92 Å². The molecule has 1 saturated carbocycles. The van der Waals surface area contributed by atoms with Crippen molar-refractivity contribution in [2.45, 2.75) is 19.0 Å². The Kier molecular flexibility index (Phi) is 2.92. The average molecular weight is 262 g/mol. The summed E-state index contributed by atoms with van der Waals surface area (Å²) in [6, 6.07) is 1.52. The summed E-state index contributed by atoms with van der Waals surface area (Å²) in [5, 5.41) is 2.23. The molecule has 0 atom stereocenters. The number of anilines is 2. The van der Waals surface area contributed by atoms with Crippen LogP contribution in [0.3, 0.4) is 0 Å². The number of rotatable bonds is 2. The first-order chi connectivity index (χ1) is 8.30. The second-order valence-corrected chi connectivity index (χ2v) is 4.15. The molecule has 0 unspecified atom stereocenters. The zero-order chi connectivity index (χ0) is 13.5. The van der Waals surface area contributed by atoms with E-state index in [-0.39, 0.29) is 11.6 Å². The molecule has 1 aliphatic carbocycles. The molecule has 1 aromatic rings. The molecule has 1 amide bonds. The maximum absolute atomic E-state index is 13.6.